The second-order valence-corrected chi connectivity index (χ2v) is 8.50. The van der Waals surface area contributed by atoms with Crippen molar-refractivity contribution in [2.24, 2.45) is 0 Å². The summed E-state index contributed by atoms with van der Waals surface area (Å²) < 4.78 is 0. The maximum Gasteiger partial charge on any atom is 0.247 e. The van der Waals surface area contributed by atoms with Gasteiger partial charge in [0.2, 0.25) is 11.8 Å². The van der Waals surface area contributed by atoms with Crippen molar-refractivity contribution in [2.75, 3.05) is 24.5 Å². The molecule has 2 aromatic rings. The summed E-state index contributed by atoms with van der Waals surface area (Å²) in [6, 6.07) is 13.1. The first kappa shape index (κ1) is 21.3. The zero-order chi connectivity index (χ0) is 21.5. The minimum atomic E-state index is -0.585. The van der Waals surface area contributed by atoms with E-state index in [4.69, 9.17) is 0 Å². The lowest BCUT2D eigenvalue weighted by Gasteiger charge is -2.34. The van der Waals surface area contributed by atoms with Gasteiger partial charge in [0.05, 0.1) is 0 Å². The van der Waals surface area contributed by atoms with E-state index in [0.717, 1.165) is 42.9 Å². The summed E-state index contributed by atoms with van der Waals surface area (Å²) in [6.45, 7) is 3.15. The highest BCUT2D eigenvalue weighted by molar-refractivity contribution is 5.89. The van der Waals surface area contributed by atoms with Crippen LogP contribution in [0.15, 0.2) is 48.7 Å². The molecule has 2 aliphatic heterocycles. The van der Waals surface area contributed by atoms with Gasteiger partial charge in [-0.15, -0.1) is 0 Å². The smallest absolute Gasteiger partial charge is 0.247 e. The predicted molar refractivity (Wildman–Crippen MR) is 122 cm³/mol. The summed E-state index contributed by atoms with van der Waals surface area (Å²) in [7, 11) is 0. The standard InChI is InChI=1S/C25H32N4O2/c30-23-12-6-9-17-29(23)24(21-10-4-3-5-11-21)25(31)27-19-20-13-14-22(26-18-20)28-15-7-1-2-8-16-28/h3-5,10-11,13-14,18,24H,1-2,6-9,12,15-17,19H2,(H,27,31). The van der Waals surface area contributed by atoms with E-state index in [2.05, 4.69) is 21.3 Å². The maximum atomic E-state index is 13.2. The minimum Gasteiger partial charge on any atom is -0.357 e. The van der Waals surface area contributed by atoms with Gasteiger partial charge in [-0.25, -0.2) is 4.98 Å². The molecule has 0 bridgehead atoms. The van der Waals surface area contributed by atoms with Crippen LogP contribution in [-0.4, -0.2) is 41.3 Å². The van der Waals surface area contributed by atoms with Crippen LogP contribution in [0.3, 0.4) is 0 Å². The van der Waals surface area contributed by atoms with Gasteiger partial charge in [0.1, 0.15) is 11.9 Å². The molecule has 4 rings (SSSR count). The van der Waals surface area contributed by atoms with E-state index in [1.165, 1.54) is 25.7 Å². The van der Waals surface area contributed by atoms with Crippen LogP contribution in [0.25, 0.3) is 0 Å². The molecule has 6 heteroatoms. The van der Waals surface area contributed by atoms with Gasteiger partial charge in [0.15, 0.2) is 0 Å². The van der Waals surface area contributed by atoms with E-state index in [1.54, 1.807) is 4.90 Å². The van der Waals surface area contributed by atoms with E-state index in [1.807, 2.05) is 42.6 Å². The van der Waals surface area contributed by atoms with E-state index < -0.39 is 6.04 Å². The van der Waals surface area contributed by atoms with E-state index in [9.17, 15) is 9.59 Å². The first-order valence-electron chi connectivity index (χ1n) is 11.5. The topological polar surface area (TPSA) is 65.5 Å². The molecular weight excluding hydrogens is 388 g/mol. The number of nitrogens with one attached hydrogen (secondary N) is 1. The number of hydrogen-bond donors (Lipinski definition) is 1. The molecule has 1 unspecified atom stereocenters. The number of carbonyl (C=O) groups excluding carboxylic acids is 2. The van der Waals surface area contributed by atoms with Gasteiger partial charge in [0, 0.05) is 38.8 Å². The highest BCUT2D eigenvalue weighted by Gasteiger charge is 2.32. The van der Waals surface area contributed by atoms with Gasteiger partial charge < -0.3 is 15.1 Å². The van der Waals surface area contributed by atoms with Gasteiger partial charge in [-0.05, 0) is 42.9 Å². The van der Waals surface area contributed by atoms with Gasteiger partial charge in [-0.1, -0.05) is 49.2 Å². The molecule has 0 aliphatic carbocycles. The van der Waals surface area contributed by atoms with Gasteiger partial charge in [-0.3, -0.25) is 9.59 Å². The summed E-state index contributed by atoms with van der Waals surface area (Å²) in [6.07, 6.45) is 9.22. The Balaban J connectivity index is 1.42. The van der Waals surface area contributed by atoms with Crippen molar-refractivity contribution in [1.82, 2.24) is 15.2 Å². The van der Waals surface area contributed by atoms with E-state index in [0.29, 0.717) is 19.5 Å². The summed E-state index contributed by atoms with van der Waals surface area (Å²) in [5.74, 6) is 0.926. The van der Waals surface area contributed by atoms with E-state index in [-0.39, 0.29) is 11.8 Å². The van der Waals surface area contributed by atoms with Crippen molar-refractivity contribution >= 4 is 17.6 Å². The van der Waals surface area contributed by atoms with Crippen molar-refractivity contribution < 1.29 is 9.59 Å². The number of amides is 2. The fourth-order valence-corrected chi connectivity index (χ4v) is 4.50. The number of piperidine rings is 1. The van der Waals surface area contributed by atoms with Gasteiger partial charge in [-0.2, -0.15) is 0 Å². The Morgan fingerprint density at radius 2 is 1.68 bits per heavy atom. The molecule has 2 amide bonds. The molecule has 2 fully saturated rings. The Hall–Kier alpha value is -2.89. The average molecular weight is 421 g/mol. The number of aromatic nitrogens is 1. The molecule has 1 aromatic carbocycles. The molecule has 0 saturated carbocycles. The van der Waals surface area contributed by atoms with Crippen LogP contribution < -0.4 is 10.2 Å². The lowest BCUT2D eigenvalue weighted by molar-refractivity contribution is -0.142. The zero-order valence-electron chi connectivity index (χ0n) is 18.1. The number of hydrogen-bond acceptors (Lipinski definition) is 4. The van der Waals surface area contributed by atoms with E-state index >= 15 is 0 Å². The summed E-state index contributed by atoms with van der Waals surface area (Å²) in [4.78, 5) is 34.4. The number of pyridine rings is 1. The first-order valence-corrected chi connectivity index (χ1v) is 11.5. The summed E-state index contributed by atoms with van der Waals surface area (Å²) in [5.41, 5.74) is 1.81. The molecule has 0 radical (unpaired) electrons. The lowest BCUT2D eigenvalue weighted by Crippen LogP contribution is -2.45. The average Bonchev–Trinajstić information content (AvgIpc) is 3.10. The zero-order valence-corrected chi connectivity index (χ0v) is 18.1. The van der Waals surface area contributed by atoms with Crippen molar-refractivity contribution in [3.8, 4) is 0 Å². The minimum absolute atomic E-state index is 0.0544. The predicted octanol–water partition coefficient (Wildman–Crippen LogP) is 3.83. The van der Waals surface area contributed by atoms with Crippen molar-refractivity contribution in [2.45, 2.75) is 57.5 Å². The Labute approximate surface area is 184 Å². The van der Waals surface area contributed by atoms with Crippen LogP contribution in [0, 0.1) is 0 Å². The normalized spacial score (nSPS) is 18.4. The van der Waals surface area contributed by atoms with Crippen LogP contribution >= 0.6 is 0 Å². The fraction of sp³-hybridized carbons (Fsp3) is 0.480. The number of rotatable bonds is 6. The molecule has 6 nitrogen and oxygen atoms in total. The molecule has 2 aliphatic rings. The van der Waals surface area contributed by atoms with Crippen LogP contribution in [0.1, 0.15) is 62.1 Å². The van der Waals surface area contributed by atoms with Gasteiger partial charge >= 0.3 is 0 Å². The van der Waals surface area contributed by atoms with Crippen LogP contribution in [-0.2, 0) is 16.1 Å². The van der Waals surface area contributed by atoms with Crippen LogP contribution in [0.2, 0.25) is 0 Å². The second kappa shape index (κ2) is 10.4. The summed E-state index contributed by atoms with van der Waals surface area (Å²) >= 11 is 0. The van der Waals surface area contributed by atoms with Crippen molar-refractivity contribution in [3.63, 3.8) is 0 Å². The lowest BCUT2D eigenvalue weighted by atomic mass is 10.0. The first-order chi connectivity index (χ1) is 15.2. The van der Waals surface area contributed by atoms with Crippen molar-refractivity contribution in [1.29, 1.82) is 0 Å². The molecule has 2 saturated heterocycles. The Morgan fingerprint density at radius 3 is 2.35 bits per heavy atom. The monoisotopic (exact) mass is 420 g/mol. The van der Waals surface area contributed by atoms with Crippen molar-refractivity contribution in [3.05, 3.63) is 59.8 Å². The molecule has 164 valence electrons. The molecule has 1 aromatic heterocycles. The number of carbonyl (C=O) groups is 2. The van der Waals surface area contributed by atoms with Crippen LogP contribution in [0.5, 0.6) is 0 Å². The molecule has 1 N–H and O–H groups in total. The fourth-order valence-electron chi connectivity index (χ4n) is 4.50. The molecule has 3 heterocycles. The number of likely N-dealkylation sites (tertiary alicyclic amines) is 1. The quantitative estimate of drug-likeness (QED) is 0.771. The largest absolute Gasteiger partial charge is 0.357 e. The summed E-state index contributed by atoms with van der Waals surface area (Å²) in [5, 5.41) is 3.04. The number of anilines is 1. The Kier molecular flexibility index (Phi) is 7.18. The molecule has 31 heavy (non-hydrogen) atoms. The maximum absolute atomic E-state index is 13.2. The third kappa shape index (κ3) is 5.43. The molecule has 1 atom stereocenters. The highest BCUT2D eigenvalue weighted by Crippen LogP contribution is 2.26. The Bertz CT molecular complexity index is 861. The second-order valence-electron chi connectivity index (χ2n) is 8.50. The number of nitrogens with zero attached hydrogens (tertiary/aromatic N) is 3. The highest BCUT2D eigenvalue weighted by atomic mass is 16.2. The molecule has 0 spiro atoms. The molecular formula is C25H32N4O2. The third-order valence-electron chi connectivity index (χ3n) is 6.24. The Morgan fingerprint density at radius 1 is 0.935 bits per heavy atom. The SMILES string of the molecule is O=C(NCc1ccc(N2CCCCCC2)nc1)C(c1ccccc1)N1CCCCC1=O. The van der Waals surface area contributed by atoms with Crippen LogP contribution in [0.4, 0.5) is 5.82 Å². The van der Waals surface area contributed by atoms with Gasteiger partial charge in [0.25, 0.3) is 0 Å². The number of benzene rings is 1. The third-order valence-corrected chi connectivity index (χ3v) is 6.24.